The largest absolute Gasteiger partial charge is 0.465 e. The summed E-state index contributed by atoms with van der Waals surface area (Å²) in [4.78, 5) is 15.4. The maximum absolute atomic E-state index is 11.2. The Balaban J connectivity index is 2.32. The Kier molecular flexibility index (Phi) is 2.00. The van der Waals surface area contributed by atoms with Crippen LogP contribution in [0.25, 0.3) is 0 Å². The van der Waals surface area contributed by atoms with Gasteiger partial charge in [-0.25, -0.2) is 4.79 Å². The topological polar surface area (TPSA) is 65.2 Å². The van der Waals surface area contributed by atoms with Gasteiger partial charge in [0.25, 0.3) is 0 Å². The van der Waals surface area contributed by atoms with Gasteiger partial charge in [0.05, 0.1) is 23.9 Å². The predicted molar refractivity (Wildman–Crippen MR) is 50.7 cm³/mol. The number of ether oxygens (including phenoxy) is 1. The smallest absolute Gasteiger partial charge is 0.337 e. The summed E-state index contributed by atoms with van der Waals surface area (Å²) in [6, 6.07) is 3.33. The SMILES string of the molecule is COC(=O)c1ccnc(C2(N)CC2)c1. The van der Waals surface area contributed by atoms with E-state index in [9.17, 15) is 4.79 Å². The van der Waals surface area contributed by atoms with Crippen molar-refractivity contribution >= 4 is 5.97 Å². The van der Waals surface area contributed by atoms with E-state index in [2.05, 4.69) is 9.72 Å². The van der Waals surface area contributed by atoms with Crippen molar-refractivity contribution in [2.75, 3.05) is 7.11 Å². The van der Waals surface area contributed by atoms with Crippen molar-refractivity contribution in [3.05, 3.63) is 29.6 Å². The van der Waals surface area contributed by atoms with Crippen molar-refractivity contribution in [2.45, 2.75) is 18.4 Å². The molecule has 0 amide bonds. The molecule has 0 atom stereocenters. The van der Waals surface area contributed by atoms with Crippen molar-refractivity contribution < 1.29 is 9.53 Å². The van der Waals surface area contributed by atoms with Crippen LogP contribution in [0.3, 0.4) is 0 Å². The first-order valence-corrected chi connectivity index (χ1v) is 4.49. The Morgan fingerprint density at radius 3 is 2.93 bits per heavy atom. The van der Waals surface area contributed by atoms with E-state index in [4.69, 9.17) is 5.73 Å². The summed E-state index contributed by atoms with van der Waals surface area (Å²) in [5.41, 5.74) is 6.95. The monoisotopic (exact) mass is 192 g/mol. The van der Waals surface area contributed by atoms with E-state index in [1.807, 2.05) is 0 Å². The minimum Gasteiger partial charge on any atom is -0.465 e. The summed E-state index contributed by atoms with van der Waals surface area (Å²) in [6.07, 6.45) is 3.46. The molecule has 1 fully saturated rings. The van der Waals surface area contributed by atoms with Gasteiger partial charge in [-0.3, -0.25) is 4.98 Å². The molecule has 1 saturated carbocycles. The molecule has 4 heteroatoms. The van der Waals surface area contributed by atoms with Gasteiger partial charge in [0.1, 0.15) is 0 Å². The maximum atomic E-state index is 11.2. The molecule has 2 N–H and O–H groups in total. The van der Waals surface area contributed by atoms with Crippen molar-refractivity contribution in [1.82, 2.24) is 4.98 Å². The second-order valence-electron chi connectivity index (χ2n) is 3.58. The van der Waals surface area contributed by atoms with Crippen LogP contribution in [-0.2, 0) is 10.3 Å². The molecule has 0 spiro atoms. The van der Waals surface area contributed by atoms with Gasteiger partial charge in [-0.05, 0) is 25.0 Å². The maximum Gasteiger partial charge on any atom is 0.337 e. The highest BCUT2D eigenvalue weighted by atomic mass is 16.5. The van der Waals surface area contributed by atoms with Crippen LogP contribution in [0.1, 0.15) is 28.9 Å². The highest BCUT2D eigenvalue weighted by Crippen LogP contribution is 2.41. The van der Waals surface area contributed by atoms with E-state index in [1.54, 1.807) is 18.3 Å². The van der Waals surface area contributed by atoms with Crippen LogP contribution in [0.2, 0.25) is 0 Å². The molecule has 4 nitrogen and oxygen atoms in total. The summed E-state index contributed by atoms with van der Waals surface area (Å²) < 4.78 is 4.62. The number of carbonyl (C=O) groups excluding carboxylic acids is 1. The molecule has 0 radical (unpaired) electrons. The highest BCUT2D eigenvalue weighted by Gasteiger charge is 2.41. The van der Waals surface area contributed by atoms with Crippen LogP contribution in [0.5, 0.6) is 0 Å². The van der Waals surface area contributed by atoms with E-state index in [0.29, 0.717) is 5.56 Å². The first kappa shape index (κ1) is 9.15. The van der Waals surface area contributed by atoms with Crippen molar-refractivity contribution in [3.63, 3.8) is 0 Å². The molecule has 1 aromatic rings. The molecule has 74 valence electrons. The normalized spacial score (nSPS) is 17.6. The molecule has 1 heterocycles. The standard InChI is InChI=1S/C10H12N2O2/c1-14-9(13)7-2-5-12-8(6-7)10(11)3-4-10/h2,5-6H,3-4,11H2,1H3. The number of hydrogen-bond acceptors (Lipinski definition) is 4. The van der Waals surface area contributed by atoms with Gasteiger partial charge in [0, 0.05) is 6.20 Å². The number of methoxy groups -OCH3 is 1. The molecule has 0 bridgehead atoms. The zero-order valence-electron chi connectivity index (χ0n) is 7.99. The lowest BCUT2D eigenvalue weighted by molar-refractivity contribution is 0.0600. The Morgan fingerprint density at radius 1 is 1.64 bits per heavy atom. The second-order valence-corrected chi connectivity index (χ2v) is 3.58. The van der Waals surface area contributed by atoms with E-state index in [1.165, 1.54) is 7.11 Å². The molecular weight excluding hydrogens is 180 g/mol. The Morgan fingerprint density at radius 2 is 2.36 bits per heavy atom. The number of hydrogen-bond donors (Lipinski definition) is 1. The quantitative estimate of drug-likeness (QED) is 0.704. The van der Waals surface area contributed by atoms with Gasteiger partial charge in [-0.1, -0.05) is 0 Å². The summed E-state index contributed by atoms with van der Waals surface area (Å²) in [7, 11) is 1.36. The molecule has 2 rings (SSSR count). The minimum absolute atomic E-state index is 0.302. The van der Waals surface area contributed by atoms with E-state index < -0.39 is 0 Å². The lowest BCUT2D eigenvalue weighted by Gasteiger charge is -2.08. The van der Waals surface area contributed by atoms with Crippen LogP contribution in [0, 0.1) is 0 Å². The van der Waals surface area contributed by atoms with Crippen LogP contribution in [0.15, 0.2) is 18.3 Å². The molecule has 1 aliphatic rings. The van der Waals surface area contributed by atoms with Crippen LogP contribution in [0.4, 0.5) is 0 Å². The number of nitrogens with two attached hydrogens (primary N) is 1. The van der Waals surface area contributed by atoms with Crippen LogP contribution < -0.4 is 5.73 Å². The predicted octanol–water partition coefficient (Wildman–Crippen LogP) is 0.816. The lowest BCUT2D eigenvalue weighted by atomic mass is 10.1. The number of aromatic nitrogens is 1. The van der Waals surface area contributed by atoms with Crippen molar-refractivity contribution in [3.8, 4) is 0 Å². The minimum atomic E-state index is -0.349. The lowest BCUT2D eigenvalue weighted by Crippen LogP contribution is -2.20. The number of pyridine rings is 1. The van der Waals surface area contributed by atoms with Crippen LogP contribution >= 0.6 is 0 Å². The fourth-order valence-corrected chi connectivity index (χ4v) is 1.34. The molecule has 0 aliphatic heterocycles. The molecule has 0 unspecified atom stereocenters. The molecule has 0 saturated heterocycles. The number of carbonyl (C=O) groups is 1. The van der Waals surface area contributed by atoms with Crippen molar-refractivity contribution in [2.24, 2.45) is 5.73 Å². The molecule has 1 aromatic heterocycles. The average Bonchev–Trinajstić information content (AvgIpc) is 2.97. The van der Waals surface area contributed by atoms with E-state index >= 15 is 0 Å². The first-order chi connectivity index (χ1) is 6.65. The fraction of sp³-hybridized carbons (Fsp3) is 0.400. The second kappa shape index (κ2) is 3.06. The number of esters is 1. The average molecular weight is 192 g/mol. The number of rotatable bonds is 2. The number of nitrogens with zero attached hydrogens (tertiary/aromatic N) is 1. The zero-order valence-corrected chi connectivity index (χ0v) is 7.99. The van der Waals surface area contributed by atoms with Gasteiger partial charge in [0.2, 0.25) is 0 Å². The van der Waals surface area contributed by atoms with E-state index in [0.717, 1.165) is 18.5 Å². The highest BCUT2D eigenvalue weighted by molar-refractivity contribution is 5.89. The molecule has 0 aromatic carbocycles. The van der Waals surface area contributed by atoms with Gasteiger partial charge < -0.3 is 10.5 Å². The molecular formula is C10H12N2O2. The van der Waals surface area contributed by atoms with Gasteiger partial charge in [-0.15, -0.1) is 0 Å². The zero-order chi connectivity index (χ0) is 10.2. The summed E-state index contributed by atoms with van der Waals surface area (Å²) in [6.45, 7) is 0. The summed E-state index contributed by atoms with van der Waals surface area (Å²) in [5, 5.41) is 0. The van der Waals surface area contributed by atoms with Crippen molar-refractivity contribution in [1.29, 1.82) is 0 Å². The van der Waals surface area contributed by atoms with Gasteiger partial charge in [0.15, 0.2) is 0 Å². The van der Waals surface area contributed by atoms with Crippen LogP contribution in [-0.4, -0.2) is 18.1 Å². The third kappa shape index (κ3) is 1.48. The molecule has 14 heavy (non-hydrogen) atoms. The third-order valence-electron chi connectivity index (χ3n) is 2.48. The van der Waals surface area contributed by atoms with E-state index in [-0.39, 0.29) is 11.5 Å². The molecule has 1 aliphatic carbocycles. The Bertz CT molecular complexity index is 372. The summed E-state index contributed by atoms with van der Waals surface area (Å²) in [5.74, 6) is -0.349. The Labute approximate surface area is 82.1 Å². The fourth-order valence-electron chi connectivity index (χ4n) is 1.34. The third-order valence-corrected chi connectivity index (χ3v) is 2.48. The van der Waals surface area contributed by atoms with Gasteiger partial charge >= 0.3 is 5.97 Å². The first-order valence-electron chi connectivity index (χ1n) is 4.49. The summed E-state index contributed by atoms with van der Waals surface area (Å²) >= 11 is 0. The Hall–Kier alpha value is -1.42. The van der Waals surface area contributed by atoms with Gasteiger partial charge in [-0.2, -0.15) is 0 Å².